The number of carbonyl (C=O) groups excluding carboxylic acids is 1. The quantitative estimate of drug-likeness (QED) is 0.884. The van der Waals surface area contributed by atoms with Gasteiger partial charge in [-0.2, -0.15) is 0 Å². The van der Waals surface area contributed by atoms with E-state index in [2.05, 4.69) is 40.5 Å². The maximum Gasteiger partial charge on any atom is 0.225 e. The van der Waals surface area contributed by atoms with Crippen LogP contribution in [0.3, 0.4) is 0 Å². The standard InChI is InChI=1S/C23H34N2O/c1-23(2,3)22(26)24-21-19-14-25(15-20(19)21)13-16-9-11-18(12-10-16)17-7-5-4-6-8-17/h4-8,16,18-21H,9-15H2,1-3H3,(H,24,26)/t16?,18?,19-,20+,21?. The Labute approximate surface area is 158 Å². The minimum atomic E-state index is -0.270. The summed E-state index contributed by atoms with van der Waals surface area (Å²) in [7, 11) is 0. The first-order chi connectivity index (χ1) is 12.4. The molecule has 2 saturated carbocycles. The molecule has 1 aliphatic heterocycles. The average Bonchev–Trinajstić information content (AvgIpc) is 3.06. The summed E-state index contributed by atoms with van der Waals surface area (Å²) in [5.74, 6) is 3.28. The van der Waals surface area contributed by atoms with Crippen molar-refractivity contribution in [1.29, 1.82) is 0 Å². The summed E-state index contributed by atoms with van der Waals surface area (Å²) < 4.78 is 0. The van der Waals surface area contributed by atoms with E-state index in [0.29, 0.717) is 17.9 Å². The number of hydrogen-bond donors (Lipinski definition) is 1. The second-order valence-corrected chi connectivity index (χ2v) is 9.92. The van der Waals surface area contributed by atoms with Gasteiger partial charge in [0, 0.05) is 31.1 Å². The Hall–Kier alpha value is -1.35. The molecular weight excluding hydrogens is 320 g/mol. The van der Waals surface area contributed by atoms with Crippen molar-refractivity contribution in [2.45, 2.75) is 58.4 Å². The van der Waals surface area contributed by atoms with Crippen LogP contribution in [0.4, 0.5) is 0 Å². The van der Waals surface area contributed by atoms with Gasteiger partial charge in [0.1, 0.15) is 0 Å². The fraction of sp³-hybridized carbons (Fsp3) is 0.696. The molecule has 0 bridgehead atoms. The number of hydrogen-bond acceptors (Lipinski definition) is 2. The molecule has 26 heavy (non-hydrogen) atoms. The molecule has 142 valence electrons. The third-order valence-corrected chi connectivity index (χ3v) is 6.88. The average molecular weight is 355 g/mol. The monoisotopic (exact) mass is 354 g/mol. The zero-order valence-electron chi connectivity index (χ0n) is 16.6. The Morgan fingerprint density at radius 1 is 1.04 bits per heavy atom. The van der Waals surface area contributed by atoms with Crippen molar-refractivity contribution in [3.63, 3.8) is 0 Å². The highest BCUT2D eigenvalue weighted by molar-refractivity contribution is 5.82. The predicted molar refractivity (Wildman–Crippen MR) is 106 cm³/mol. The summed E-state index contributed by atoms with van der Waals surface area (Å²) in [5.41, 5.74) is 1.26. The Balaban J connectivity index is 1.19. The van der Waals surface area contributed by atoms with Gasteiger partial charge in [-0.05, 0) is 54.9 Å². The van der Waals surface area contributed by atoms with Crippen LogP contribution in [0.2, 0.25) is 0 Å². The molecule has 1 aromatic rings. The lowest BCUT2D eigenvalue weighted by Gasteiger charge is -2.32. The van der Waals surface area contributed by atoms with Crippen LogP contribution in [-0.2, 0) is 4.79 Å². The number of piperidine rings is 1. The van der Waals surface area contributed by atoms with Crippen LogP contribution < -0.4 is 5.32 Å². The number of nitrogens with zero attached hydrogens (tertiary/aromatic N) is 1. The molecular formula is C23H34N2O. The largest absolute Gasteiger partial charge is 0.352 e. The number of carbonyl (C=O) groups is 1. The van der Waals surface area contributed by atoms with E-state index < -0.39 is 0 Å². The SMILES string of the molecule is CC(C)(C)C(=O)NC1[C@H]2CN(CC3CCC(c4ccccc4)CC3)C[C@@H]12. The van der Waals surface area contributed by atoms with Crippen LogP contribution in [0.25, 0.3) is 0 Å². The molecule has 1 heterocycles. The Kier molecular flexibility index (Phi) is 4.85. The van der Waals surface area contributed by atoms with Crippen molar-refractivity contribution < 1.29 is 4.79 Å². The second kappa shape index (κ2) is 6.99. The molecule has 2 aliphatic carbocycles. The maximum atomic E-state index is 12.2. The van der Waals surface area contributed by atoms with Crippen molar-refractivity contribution >= 4 is 5.91 Å². The van der Waals surface area contributed by atoms with Crippen LogP contribution in [0.1, 0.15) is 57.9 Å². The lowest BCUT2D eigenvalue weighted by atomic mass is 9.78. The highest BCUT2D eigenvalue weighted by Crippen LogP contribution is 2.46. The van der Waals surface area contributed by atoms with Gasteiger partial charge in [-0.3, -0.25) is 4.79 Å². The van der Waals surface area contributed by atoms with Gasteiger partial charge < -0.3 is 10.2 Å². The number of rotatable bonds is 4. The molecule has 3 nitrogen and oxygen atoms in total. The predicted octanol–water partition coefficient (Wildman–Crippen LogP) is 4.05. The van der Waals surface area contributed by atoms with E-state index in [1.165, 1.54) is 50.9 Å². The van der Waals surface area contributed by atoms with Gasteiger partial charge in [-0.1, -0.05) is 51.1 Å². The number of benzene rings is 1. The van der Waals surface area contributed by atoms with Gasteiger partial charge in [0.2, 0.25) is 5.91 Å². The van der Waals surface area contributed by atoms with E-state index in [4.69, 9.17) is 0 Å². The summed E-state index contributed by atoms with van der Waals surface area (Å²) in [6.07, 6.45) is 5.43. The number of likely N-dealkylation sites (tertiary alicyclic amines) is 1. The molecule has 0 spiro atoms. The molecule has 1 N–H and O–H groups in total. The molecule has 1 saturated heterocycles. The minimum absolute atomic E-state index is 0.211. The number of fused-ring (bicyclic) bond motifs is 1. The summed E-state index contributed by atoms with van der Waals surface area (Å²) in [6.45, 7) is 9.65. The van der Waals surface area contributed by atoms with Crippen LogP contribution in [0.5, 0.6) is 0 Å². The molecule has 1 unspecified atom stereocenters. The normalized spacial score (nSPS) is 34.3. The minimum Gasteiger partial charge on any atom is -0.352 e. The summed E-state index contributed by atoms with van der Waals surface area (Å²) in [4.78, 5) is 14.8. The van der Waals surface area contributed by atoms with Crippen molar-refractivity contribution in [2.75, 3.05) is 19.6 Å². The first-order valence-corrected chi connectivity index (χ1v) is 10.5. The molecule has 0 aromatic heterocycles. The first kappa shape index (κ1) is 18.0. The van der Waals surface area contributed by atoms with Crippen LogP contribution in [0, 0.1) is 23.2 Å². The van der Waals surface area contributed by atoms with E-state index in [9.17, 15) is 4.79 Å². The summed E-state index contributed by atoms with van der Waals surface area (Å²) in [5, 5.41) is 3.28. The fourth-order valence-corrected chi connectivity index (χ4v) is 5.11. The fourth-order valence-electron chi connectivity index (χ4n) is 5.11. The van der Waals surface area contributed by atoms with Crippen molar-refractivity contribution in [2.24, 2.45) is 23.2 Å². The molecule has 3 fully saturated rings. The van der Waals surface area contributed by atoms with Crippen LogP contribution in [-0.4, -0.2) is 36.5 Å². The highest BCUT2D eigenvalue weighted by atomic mass is 16.2. The summed E-state index contributed by atoms with van der Waals surface area (Å²) >= 11 is 0. The lowest BCUT2D eigenvalue weighted by molar-refractivity contribution is -0.128. The van der Waals surface area contributed by atoms with E-state index in [1.54, 1.807) is 0 Å². The van der Waals surface area contributed by atoms with Crippen molar-refractivity contribution in [1.82, 2.24) is 10.2 Å². The smallest absolute Gasteiger partial charge is 0.225 e. The topological polar surface area (TPSA) is 32.3 Å². The van der Waals surface area contributed by atoms with Crippen molar-refractivity contribution in [3.05, 3.63) is 35.9 Å². The molecule has 3 heteroatoms. The summed E-state index contributed by atoms with van der Waals surface area (Å²) in [6, 6.07) is 11.5. The van der Waals surface area contributed by atoms with Crippen LogP contribution >= 0.6 is 0 Å². The van der Waals surface area contributed by atoms with Gasteiger partial charge in [-0.25, -0.2) is 0 Å². The zero-order chi connectivity index (χ0) is 18.3. The Morgan fingerprint density at radius 2 is 1.65 bits per heavy atom. The number of nitrogens with one attached hydrogen (secondary N) is 1. The van der Waals surface area contributed by atoms with E-state index in [-0.39, 0.29) is 11.3 Å². The molecule has 1 aromatic carbocycles. The van der Waals surface area contributed by atoms with E-state index >= 15 is 0 Å². The zero-order valence-corrected chi connectivity index (χ0v) is 16.6. The van der Waals surface area contributed by atoms with Gasteiger partial charge in [-0.15, -0.1) is 0 Å². The van der Waals surface area contributed by atoms with Crippen molar-refractivity contribution in [3.8, 4) is 0 Å². The lowest BCUT2D eigenvalue weighted by Crippen LogP contribution is -2.41. The second-order valence-electron chi connectivity index (χ2n) is 9.92. The van der Waals surface area contributed by atoms with E-state index in [1.807, 2.05) is 20.8 Å². The first-order valence-electron chi connectivity index (χ1n) is 10.5. The van der Waals surface area contributed by atoms with Gasteiger partial charge in [0.15, 0.2) is 0 Å². The van der Waals surface area contributed by atoms with Gasteiger partial charge >= 0.3 is 0 Å². The van der Waals surface area contributed by atoms with Gasteiger partial charge in [0.25, 0.3) is 0 Å². The van der Waals surface area contributed by atoms with Gasteiger partial charge in [0.05, 0.1) is 0 Å². The third-order valence-electron chi connectivity index (χ3n) is 6.88. The number of amides is 1. The molecule has 4 rings (SSSR count). The third kappa shape index (κ3) is 3.83. The van der Waals surface area contributed by atoms with Crippen LogP contribution in [0.15, 0.2) is 30.3 Å². The van der Waals surface area contributed by atoms with E-state index in [0.717, 1.165) is 11.8 Å². The molecule has 3 atom stereocenters. The molecule has 1 amide bonds. The highest BCUT2D eigenvalue weighted by Gasteiger charge is 2.56. The molecule has 3 aliphatic rings. The Bertz CT molecular complexity index is 615. The molecule has 0 radical (unpaired) electrons. The maximum absolute atomic E-state index is 12.2. The Morgan fingerprint density at radius 3 is 2.23 bits per heavy atom.